The van der Waals surface area contributed by atoms with Gasteiger partial charge in [0, 0.05) is 22.7 Å². The van der Waals surface area contributed by atoms with E-state index >= 15 is 0 Å². The van der Waals surface area contributed by atoms with Crippen LogP contribution in [0.1, 0.15) is 18.0 Å². The lowest BCUT2D eigenvalue weighted by Crippen LogP contribution is -2.41. The minimum Gasteiger partial charge on any atom is -0.349 e. The standard InChI is InChI=1S/C9H7ClN2O3/c10-7-2-1-5(12(14)15)3-6(7)8-4-9(13)11-8/h1-3,8H,4H2,(H,11,13). The second-order valence-electron chi connectivity index (χ2n) is 3.29. The molecule has 1 unspecified atom stereocenters. The number of β-lactam (4-membered cyclic amide) rings is 1. The zero-order chi connectivity index (χ0) is 11.0. The zero-order valence-corrected chi connectivity index (χ0v) is 8.32. The SMILES string of the molecule is O=C1CC(c2cc([N+](=O)[O-])ccc2Cl)N1. The van der Waals surface area contributed by atoms with Crippen molar-refractivity contribution < 1.29 is 9.72 Å². The predicted octanol–water partition coefficient (Wildman–Crippen LogP) is 1.81. The van der Waals surface area contributed by atoms with Crippen LogP contribution < -0.4 is 5.32 Å². The number of nitrogens with zero attached hydrogens (tertiary/aromatic N) is 1. The molecule has 1 saturated heterocycles. The number of halogens is 1. The van der Waals surface area contributed by atoms with E-state index in [1.54, 1.807) is 0 Å². The molecule has 1 atom stereocenters. The molecule has 0 radical (unpaired) electrons. The summed E-state index contributed by atoms with van der Waals surface area (Å²) in [4.78, 5) is 20.8. The number of rotatable bonds is 2. The largest absolute Gasteiger partial charge is 0.349 e. The van der Waals surface area contributed by atoms with Crippen molar-refractivity contribution in [3.63, 3.8) is 0 Å². The lowest BCUT2D eigenvalue weighted by atomic mass is 9.97. The lowest BCUT2D eigenvalue weighted by Gasteiger charge is -2.27. The number of carbonyl (C=O) groups is 1. The molecule has 5 nitrogen and oxygen atoms in total. The predicted molar refractivity (Wildman–Crippen MR) is 53.6 cm³/mol. The third-order valence-electron chi connectivity index (χ3n) is 2.29. The molecule has 1 aromatic rings. The van der Waals surface area contributed by atoms with Crippen molar-refractivity contribution in [1.82, 2.24) is 5.32 Å². The molecule has 0 bridgehead atoms. The Morgan fingerprint density at radius 1 is 1.53 bits per heavy atom. The molecule has 1 heterocycles. The summed E-state index contributed by atoms with van der Waals surface area (Å²) >= 11 is 5.88. The molecular formula is C9H7ClN2O3. The molecular weight excluding hydrogens is 220 g/mol. The smallest absolute Gasteiger partial charge is 0.269 e. The van der Waals surface area contributed by atoms with E-state index in [9.17, 15) is 14.9 Å². The fraction of sp³-hybridized carbons (Fsp3) is 0.222. The van der Waals surface area contributed by atoms with Gasteiger partial charge in [-0.1, -0.05) is 11.6 Å². The van der Waals surface area contributed by atoms with Crippen LogP contribution in [-0.2, 0) is 4.79 Å². The zero-order valence-electron chi connectivity index (χ0n) is 7.57. The molecule has 0 aromatic heterocycles. The van der Waals surface area contributed by atoms with E-state index in [0.29, 0.717) is 17.0 Å². The monoisotopic (exact) mass is 226 g/mol. The molecule has 1 N–H and O–H groups in total. The van der Waals surface area contributed by atoms with Crippen LogP contribution in [-0.4, -0.2) is 10.8 Å². The van der Waals surface area contributed by atoms with Gasteiger partial charge in [0.2, 0.25) is 5.91 Å². The fourth-order valence-electron chi connectivity index (χ4n) is 1.46. The van der Waals surface area contributed by atoms with Gasteiger partial charge in [-0.3, -0.25) is 14.9 Å². The summed E-state index contributed by atoms with van der Waals surface area (Å²) in [6.07, 6.45) is 0.334. The van der Waals surface area contributed by atoms with Crippen molar-refractivity contribution in [3.05, 3.63) is 38.9 Å². The summed E-state index contributed by atoms with van der Waals surface area (Å²) in [5.74, 6) is -0.0671. The van der Waals surface area contributed by atoms with Crippen molar-refractivity contribution in [3.8, 4) is 0 Å². The number of amides is 1. The highest BCUT2D eigenvalue weighted by molar-refractivity contribution is 6.31. The van der Waals surface area contributed by atoms with Crippen molar-refractivity contribution in [2.75, 3.05) is 0 Å². The number of nitrogens with one attached hydrogen (secondary N) is 1. The maximum absolute atomic E-state index is 10.7. The Kier molecular flexibility index (Phi) is 2.32. The minimum absolute atomic E-state index is 0.0180. The van der Waals surface area contributed by atoms with Crippen molar-refractivity contribution >= 4 is 23.2 Å². The van der Waals surface area contributed by atoms with Crippen LogP contribution in [0.4, 0.5) is 5.69 Å². The third-order valence-corrected chi connectivity index (χ3v) is 2.63. The second kappa shape index (κ2) is 3.51. The van der Waals surface area contributed by atoms with E-state index in [1.165, 1.54) is 18.2 Å². The van der Waals surface area contributed by atoms with E-state index in [4.69, 9.17) is 11.6 Å². The normalized spacial score (nSPS) is 19.3. The van der Waals surface area contributed by atoms with Gasteiger partial charge in [-0.05, 0) is 6.07 Å². The number of nitro benzene ring substituents is 1. The lowest BCUT2D eigenvalue weighted by molar-refractivity contribution is -0.384. The van der Waals surface area contributed by atoms with Crippen LogP contribution in [0, 0.1) is 10.1 Å². The molecule has 1 fully saturated rings. The molecule has 0 spiro atoms. The second-order valence-corrected chi connectivity index (χ2v) is 3.69. The van der Waals surface area contributed by atoms with Gasteiger partial charge >= 0.3 is 0 Å². The summed E-state index contributed by atoms with van der Waals surface area (Å²) in [7, 11) is 0. The van der Waals surface area contributed by atoms with Crippen molar-refractivity contribution in [2.45, 2.75) is 12.5 Å². The van der Waals surface area contributed by atoms with Gasteiger partial charge in [0.05, 0.1) is 17.4 Å². The van der Waals surface area contributed by atoms with E-state index in [1.807, 2.05) is 0 Å². The average molecular weight is 227 g/mol. The molecule has 2 rings (SSSR count). The number of carbonyl (C=O) groups excluding carboxylic acids is 1. The third kappa shape index (κ3) is 1.78. The van der Waals surface area contributed by atoms with Crippen molar-refractivity contribution in [2.24, 2.45) is 0 Å². The van der Waals surface area contributed by atoms with Gasteiger partial charge < -0.3 is 5.32 Å². The highest BCUT2D eigenvalue weighted by atomic mass is 35.5. The number of non-ortho nitro benzene ring substituents is 1. The van der Waals surface area contributed by atoms with Crippen LogP contribution in [0.2, 0.25) is 5.02 Å². The van der Waals surface area contributed by atoms with Crippen LogP contribution in [0.5, 0.6) is 0 Å². The van der Waals surface area contributed by atoms with Gasteiger partial charge in [0.1, 0.15) is 0 Å². The number of benzene rings is 1. The van der Waals surface area contributed by atoms with Gasteiger partial charge in [0.15, 0.2) is 0 Å². The fourth-order valence-corrected chi connectivity index (χ4v) is 1.71. The van der Waals surface area contributed by atoms with Gasteiger partial charge in [-0.15, -0.1) is 0 Å². The van der Waals surface area contributed by atoms with Gasteiger partial charge in [-0.2, -0.15) is 0 Å². The molecule has 1 amide bonds. The average Bonchev–Trinajstić information content (AvgIpc) is 2.14. The molecule has 78 valence electrons. The highest BCUT2D eigenvalue weighted by Crippen LogP contribution is 2.32. The van der Waals surface area contributed by atoms with E-state index < -0.39 is 4.92 Å². The van der Waals surface area contributed by atoms with E-state index in [2.05, 4.69) is 5.32 Å². The molecule has 1 aliphatic rings. The summed E-state index contributed by atoms with van der Waals surface area (Å²) in [6, 6.07) is 4.02. The summed E-state index contributed by atoms with van der Waals surface area (Å²) in [6.45, 7) is 0. The Bertz CT molecular complexity index is 439. The first kappa shape index (κ1) is 9.92. The summed E-state index contributed by atoms with van der Waals surface area (Å²) in [5.41, 5.74) is 0.584. The number of hydrogen-bond acceptors (Lipinski definition) is 3. The maximum atomic E-state index is 10.7. The van der Waals surface area contributed by atoms with Crippen LogP contribution in [0.15, 0.2) is 18.2 Å². The Morgan fingerprint density at radius 3 is 2.73 bits per heavy atom. The first-order chi connectivity index (χ1) is 7.08. The number of hydrogen-bond donors (Lipinski definition) is 1. The molecule has 1 aliphatic heterocycles. The quantitative estimate of drug-likeness (QED) is 0.475. The topological polar surface area (TPSA) is 72.2 Å². The molecule has 6 heteroatoms. The first-order valence-electron chi connectivity index (χ1n) is 4.31. The minimum atomic E-state index is -0.486. The highest BCUT2D eigenvalue weighted by Gasteiger charge is 2.29. The van der Waals surface area contributed by atoms with E-state index in [0.717, 1.165) is 0 Å². The van der Waals surface area contributed by atoms with Crippen LogP contribution in [0.3, 0.4) is 0 Å². The van der Waals surface area contributed by atoms with Crippen LogP contribution in [0.25, 0.3) is 0 Å². The summed E-state index contributed by atoms with van der Waals surface area (Å²) in [5, 5.41) is 13.6. The Hall–Kier alpha value is -1.62. The maximum Gasteiger partial charge on any atom is 0.269 e. The van der Waals surface area contributed by atoms with Gasteiger partial charge in [0.25, 0.3) is 5.69 Å². The summed E-state index contributed by atoms with van der Waals surface area (Å²) < 4.78 is 0. The Labute approximate surface area is 90.2 Å². The molecule has 0 saturated carbocycles. The van der Waals surface area contributed by atoms with Crippen LogP contribution >= 0.6 is 11.6 Å². The molecule has 15 heavy (non-hydrogen) atoms. The Morgan fingerprint density at radius 2 is 2.20 bits per heavy atom. The van der Waals surface area contributed by atoms with Crippen molar-refractivity contribution in [1.29, 1.82) is 0 Å². The number of nitro groups is 1. The Balaban J connectivity index is 2.33. The van der Waals surface area contributed by atoms with Gasteiger partial charge in [-0.25, -0.2) is 0 Å². The molecule has 0 aliphatic carbocycles. The van der Waals surface area contributed by atoms with E-state index in [-0.39, 0.29) is 17.6 Å². The first-order valence-corrected chi connectivity index (χ1v) is 4.69. The molecule has 1 aromatic carbocycles.